The van der Waals surface area contributed by atoms with Crippen LogP contribution in [0.4, 0.5) is 0 Å². The molecule has 0 N–H and O–H groups in total. The zero-order chi connectivity index (χ0) is 22.8. The summed E-state index contributed by atoms with van der Waals surface area (Å²) in [6.07, 6.45) is 10.4. The first-order chi connectivity index (χ1) is 14.0. The molecule has 0 bridgehead atoms. The normalized spacial score (nSPS) is 18.7. The third-order valence-corrected chi connectivity index (χ3v) is 6.08. The lowest BCUT2D eigenvalue weighted by Crippen LogP contribution is -2.41. The molecule has 0 aliphatic carbocycles. The number of nitriles is 1. The smallest absolute Gasteiger partial charge is 0.400 e. The first-order valence-electron chi connectivity index (χ1n) is 11.3. The average molecular weight is 415 g/mol. The molecule has 0 radical (unpaired) electrons. The van der Waals surface area contributed by atoms with E-state index in [0.717, 1.165) is 50.6 Å². The molecule has 0 spiro atoms. The molecule has 1 aliphatic rings. The predicted molar refractivity (Wildman–Crippen MR) is 126 cm³/mol. The van der Waals surface area contributed by atoms with Gasteiger partial charge in [0.15, 0.2) is 0 Å². The van der Waals surface area contributed by atoms with Crippen LogP contribution in [0.2, 0.25) is 0 Å². The maximum atomic E-state index is 9.58. The van der Waals surface area contributed by atoms with Crippen LogP contribution in [0.25, 0.3) is 0 Å². The molecule has 0 amide bonds. The van der Waals surface area contributed by atoms with Gasteiger partial charge in [0, 0.05) is 6.61 Å². The van der Waals surface area contributed by atoms with Crippen molar-refractivity contribution >= 4 is 7.12 Å². The van der Waals surface area contributed by atoms with Gasteiger partial charge in [-0.25, -0.2) is 0 Å². The van der Waals surface area contributed by atoms with Gasteiger partial charge in [-0.05, 0) is 79.6 Å². The molecule has 5 heteroatoms. The monoisotopic (exact) mass is 415 g/mol. The number of ether oxygens (including phenoxy) is 1. The van der Waals surface area contributed by atoms with E-state index >= 15 is 0 Å². The Bertz CT molecular complexity index is 638. The summed E-state index contributed by atoms with van der Waals surface area (Å²) >= 11 is 0. The maximum Gasteiger partial charge on any atom is 0.491 e. The molecule has 1 saturated heterocycles. The molecule has 0 aromatic rings. The van der Waals surface area contributed by atoms with Gasteiger partial charge in [-0.3, -0.25) is 0 Å². The maximum absolute atomic E-state index is 9.58. The molecule has 0 saturated carbocycles. The van der Waals surface area contributed by atoms with Gasteiger partial charge >= 0.3 is 7.12 Å². The molecule has 1 fully saturated rings. The summed E-state index contributed by atoms with van der Waals surface area (Å²) < 4.78 is 17.8. The Morgan fingerprint density at radius 2 is 1.70 bits per heavy atom. The zero-order valence-electron chi connectivity index (χ0n) is 20.3. The number of hydrogen-bond acceptors (Lipinski definition) is 4. The highest BCUT2D eigenvalue weighted by atomic mass is 16.7. The fourth-order valence-electron chi connectivity index (χ4n) is 3.20. The number of hydrogen-bond donors (Lipinski definition) is 0. The number of nitrogens with zero attached hydrogens (tertiary/aromatic N) is 1. The minimum Gasteiger partial charge on any atom is -0.400 e. The van der Waals surface area contributed by atoms with Crippen molar-refractivity contribution in [2.45, 2.75) is 98.2 Å². The summed E-state index contributed by atoms with van der Waals surface area (Å²) in [6, 6.07) is 2.38. The van der Waals surface area contributed by atoms with Crippen molar-refractivity contribution in [2.24, 2.45) is 5.92 Å². The Morgan fingerprint density at radius 3 is 2.27 bits per heavy atom. The van der Waals surface area contributed by atoms with Crippen molar-refractivity contribution < 1.29 is 14.0 Å². The summed E-state index contributed by atoms with van der Waals surface area (Å²) in [5.41, 5.74) is 2.68. The second-order valence-corrected chi connectivity index (χ2v) is 9.64. The lowest BCUT2D eigenvalue weighted by Gasteiger charge is -2.32. The third kappa shape index (κ3) is 8.80. The van der Waals surface area contributed by atoms with Gasteiger partial charge in [0.25, 0.3) is 0 Å². The van der Waals surface area contributed by atoms with Crippen molar-refractivity contribution in [1.29, 1.82) is 5.26 Å². The predicted octanol–water partition coefficient (Wildman–Crippen LogP) is 6.58. The van der Waals surface area contributed by atoms with E-state index in [1.54, 1.807) is 0 Å². The zero-order valence-corrected chi connectivity index (χ0v) is 20.3. The molecule has 1 aliphatic heterocycles. The van der Waals surface area contributed by atoms with Crippen molar-refractivity contribution in [3.05, 3.63) is 35.3 Å². The quantitative estimate of drug-likeness (QED) is 0.194. The summed E-state index contributed by atoms with van der Waals surface area (Å²) in [6.45, 7) is 20.0. The van der Waals surface area contributed by atoms with E-state index in [9.17, 15) is 5.26 Å². The fourth-order valence-corrected chi connectivity index (χ4v) is 3.20. The Morgan fingerprint density at radius 1 is 1.07 bits per heavy atom. The lowest BCUT2D eigenvalue weighted by atomic mass is 9.71. The molecule has 1 heterocycles. The Hall–Kier alpha value is -1.35. The van der Waals surface area contributed by atoms with Crippen LogP contribution in [0.5, 0.6) is 0 Å². The number of allylic oxidation sites excluding steroid dienone is 4. The van der Waals surface area contributed by atoms with E-state index in [0.29, 0.717) is 6.61 Å². The van der Waals surface area contributed by atoms with Gasteiger partial charge in [-0.1, -0.05) is 36.1 Å². The first kappa shape index (κ1) is 26.7. The fraction of sp³-hybridized carbons (Fsp3) is 0.720. The lowest BCUT2D eigenvalue weighted by molar-refractivity contribution is 0.00578. The highest BCUT2D eigenvalue weighted by Crippen LogP contribution is 2.39. The molecule has 1 atom stereocenters. The molecule has 1 rings (SSSR count). The van der Waals surface area contributed by atoms with E-state index in [1.165, 1.54) is 11.1 Å². The Labute approximate surface area is 185 Å². The van der Waals surface area contributed by atoms with Crippen LogP contribution < -0.4 is 0 Å². The van der Waals surface area contributed by atoms with Crippen molar-refractivity contribution in [3.8, 4) is 6.07 Å². The molecule has 4 nitrogen and oxygen atoms in total. The largest absolute Gasteiger partial charge is 0.491 e. The van der Waals surface area contributed by atoms with Gasteiger partial charge in [-0.2, -0.15) is 5.26 Å². The second-order valence-electron chi connectivity index (χ2n) is 9.64. The van der Waals surface area contributed by atoms with Crippen molar-refractivity contribution in [2.75, 3.05) is 13.2 Å². The first-order valence-corrected chi connectivity index (χ1v) is 11.3. The minimum absolute atomic E-state index is 0.244. The number of unbranched alkanes of at least 4 members (excludes halogenated alkanes) is 2. The second kappa shape index (κ2) is 12.5. The molecule has 30 heavy (non-hydrogen) atoms. The van der Waals surface area contributed by atoms with Gasteiger partial charge in [0.1, 0.15) is 0 Å². The van der Waals surface area contributed by atoms with E-state index in [2.05, 4.69) is 45.6 Å². The van der Waals surface area contributed by atoms with E-state index in [-0.39, 0.29) is 5.92 Å². The van der Waals surface area contributed by atoms with Crippen molar-refractivity contribution in [3.63, 3.8) is 0 Å². The molecule has 168 valence electrons. The van der Waals surface area contributed by atoms with Crippen LogP contribution in [0.3, 0.4) is 0 Å². The van der Waals surface area contributed by atoms with E-state index < -0.39 is 18.3 Å². The van der Waals surface area contributed by atoms with Gasteiger partial charge in [0.2, 0.25) is 0 Å². The topological polar surface area (TPSA) is 51.5 Å². The summed E-state index contributed by atoms with van der Waals surface area (Å²) in [7, 11) is -0.505. The minimum atomic E-state index is -0.505. The van der Waals surface area contributed by atoms with Crippen LogP contribution in [0, 0.1) is 17.2 Å². The van der Waals surface area contributed by atoms with Crippen LogP contribution in [0.1, 0.15) is 87.0 Å². The van der Waals surface area contributed by atoms with Crippen LogP contribution >= 0.6 is 0 Å². The molecular weight excluding hydrogens is 373 g/mol. The van der Waals surface area contributed by atoms with Gasteiger partial charge in [-0.15, -0.1) is 6.58 Å². The Kier molecular flexibility index (Phi) is 11.1. The standard InChI is InChI=1S/C25H42BNO3/c1-20(2)13-12-14-21(3)16-18-28-17-11-9-10-15-23(19-27)22(4)26-29-24(5,6)25(7,8)30-26/h13,16,23H,4,9-12,14-15,17-18H2,1-3,5-8H3/b21-16+/t23-/m0/s1. The molecule has 0 aromatic heterocycles. The van der Waals surface area contributed by atoms with E-state index in [4.69, 9.17) is 14.0 Å². The molecule has 0 aromatic carbocycles. The highest BCUT2D eigenvalue weighted by Gasteiger charge is 2.52. The van der Waals surface area contributed by atoms with Crippen LogP contribution in [-0.4, -0.2) is 31.5 Å². The number of rotatable bonds is 13. The summed E-state index contributed by atoms with van der Waals surface area (Å²) in [5.74, 6) is -0.244. The van der Waals surface area contributed by atoms with Gasteiger partial charge < -0.3 is 14.0 Å². The highest BCUT2D eigenvalue weighted by molar-refractivity contribution is 6.54. The molecular formula is C25H42BNO3. The average Bonchev–Trinajstić information content (AvgIpc) is 2.87. The Balaban J connectivity index is 2.22. The van der Waals surface area contributed by atoms with Crippen molar-refractivity contribution in [1.82, 2.24) is 0 Å². The van der Waals surface area contributed by atoms with Gasteiger partial charge in [0.05, 0.1) is 29.8 Å². The third-order valence-electron chi connectivity index (χ3n) is 6.08. The summed E-state index contributed by atoms with van der Waals surface area (Å²) in [4.78, 5) is 0. The SMILES string of the molecule is C=C(B1OC(C)(C)C(C)(C)O1)[C@H](C#N)CCCCCOC/C=C(\C)CCC=C(C)C. The van der Waals surface area contributed by atoms with Crippen LogP contribution in [0.15, 0.2) is 35.3 Å². The molecule has 0 unspecified atom stereocenters. The summed E-state index contributed by atoms with van der Waals surface area (Å²) in [5, 5.41) is 9.58. The van der Waals surface area contributed by atoms with E-state index in [1.807, 2.05) is 27.7 Å². The van der Waals surface area contributed by atoms with Crippen LogP contribution in [-0.2, 0) is 14.0 Å².